The molecule has 0 fully saturated rings. The molecule has 0 spiro atoms. The van der Waals surface area contributed by atoms with Crippen LogP contribution in [0.15, 0.2) is 18.5 Å². The summed E-state index contributed by atoms with van der Waals surface area (Å²) in [7, 11) is 0. The zero-order chi connectivity index (χ0) is 15.2. The number of halogens is 3. The molecule has 1 aromatic rings. The summed E-state index contributed by atoms with van der Waals surface area (Å²) in [6.07, 6.45) is -1.65. The van der Waals surface area contributed by atoms with Crippen LogP contribution in [0.2, 0.25) is 0 Å². The zero-order valence-electron chi connectivity index (χ0n) is 12.0. The van der Waals surface area contributed by atoms with Gasteiger partial charge in [-0.15, -0.1) is 0 Å². The van der Waals surface area contributed by atoms with E-state index in [2.05, 4.69) is 10.3 Å². The second kappa shape index (κ2) is 7.59. The summed E-state index contributed by atoms with van der Waals surface area (Å²) in [6.45, 7) is 6.60. The summed E-state index contributed by atoms with van der Waals surface area (Å²) < 4.78 is 44.9. The van der Waals surface area contributed by atoms with E-state index in [0.29, 0.717) is 19.6 Å². The molecule has 2 atom stereocenters. The van der Waals surface area contributed by atoms with Crippen LogP contribution in [0.3, 0.4) is 0 Å². The van der Waals surface area contributed by atoms with E-state index >= 15 is 0 Å². The number of likely N-dealkylation sites (N-methyl/N-ethyl adjacent to an activating group) is 1. The standard InChI is InChI=1S/C14H21F3N2O/c1-4-12(20-6-3)13(19-5-2)10-9-18-8-7-11(10)14(15,16)17/h7-9,12-13,19H,4-6H2,1-3H3. The Morgan fingerprint density at radius 2 is 2.00 bits per heavy atom. The summed E-state index contributed by atoms with van der Waals surface area (Å²) in [5.74, 6) is 0. The lowest BCUT2D eigenvalue weighted by Crippen LogP contribution is -2.35. The van der Waals surface area contributed by atoms with Gasteiger partial charge in [0.2, 0.25) is 0 Å². The van der Waals surface area contributed by atoms with E-state index in [-0.39, 0.29) is 11.7 Å². The van der Waals surface area contributed by atoms with Crippen LogP contribution in [0.1, 0.15) is 44.4 Å². The Kier molecular flexibility index (Phi) is 6.42. The fourth-order valence-electron chi connectivity index (χ4n) is 2.24. The average Bonchev–Trinajstić information content (AvgIpc) is 2.42. The number of alkyl halides is 3. The van der Waals surface area contributed by atoms with Gasteiger partial charge in [0.05, 0.1) is 17.7 Å². The normalized spacial score (nSPS) is 15.1. The Morgan fingerprint density at radius 3 is 2.50 bits per heavy atom. The summed E-state index contributed by atoms with van der Waals surface area (Å²) in [6, 6.07) is 0.494. The van der Waals surface area contributed by atoms with Crippen molar-refractivity contribution in [2.24, 2.45) is 0 Å². The Bertz CT molecular complexity index is 410. The van der Waals surface area contributed by atoms with E-state index in [9.17, 15) is 13.2 Å². The summed E-state index contributed by atoms with van der Waals surface area (Å²) >= 11 is 0. The van der Waals surface area contributed by atoms with Gasteiger partial charge in [-0.1, -0.05) is 13.8 Å². The fraction of sp³-hybridized carbons (Fsp3) is 0.643. The van der Waals surface area contributed by atoms with E-state index in [1.54, 1.807) is 0 Å². The van der Waals surface area contributed by atoms with Gasteiger partial charge in [0.1, 0.15) is 0 Å². The van der Waals surface area contributed by atoms with Crippen molar-refractivity contribution in [3.05, 3.63) is 29.6 Å². The van der Waals surface area contributed by atoms with Crippen LogP contribution in [-0.4, -0.2) is 24.2 Å². The molecule has 0 aliphatic heterocycles. The molecule has 0 aliphatic rings. The lowest BCUT2D eigenvalue weighted by Gasteiger charge is -2.29. The van der Waals surface area contributed by atoms with Crippen molar-refractivity contribution in [3.63, 3.8) is 0 Å². The Hall–Kier alpha value is -1.14. The first kappa shape index (κ1) is 16.9. The van der Waals surface area contributed by atoms with Gasteiger partial charge in [-0.3, -0.25) is 4.98 Å². The van der Waals surface area contributed by atoms with Gasteiger partial charge in [-0.2, -0.15) is 13.2 Å². The highest BCUT2D eigenvalue weighted by Gasteiger charge is 2.36. The van der Waals surface area contributed by atoms with Crippen molar-refractivity contribution in [2.45, 2.75) is 45.5 Å². The predicted molar refractivity (Wildman–Crippen MR) is 71.4 cm³/mol. The number of nitrogens with one attached hydrogen (secondary N) is 1. The molecule has 0 saturated heterocycles. The first-order chi connectivity index (χ1) is 9.45. The Balaban J connectivity index is 3.20. The number of pyridine rings is 1. The van der Waals surface area contributed by atoms with Crippen LogP contribution in [0.25, 0.3) is 0 Å². The van der Waals surface area contributed by atoms with Gasteiger partial charge < -0.3 is 10.1 Å². The number of aromatic nitrogens is 1. The van der Waals surface area contributed by atoms with E-state index in [1.807, 2.05) is 20.8 Å². The molecule has 1 aromatic heterocycles. The quantitative estimate of drug-likeness (QED) is 0.833. The lowest BCUT2D eigenvalue weighted by atomic mass is 9.96. The van der Waals surface area contributed by atoms with Crippen LogP contribution >= 0.6 is 0 Å². The molecule has 0 radical (unpaired) electrons. The molecule has 2 unspecified atom stereocenters. The van der Waals surface area contributed by atoms with Gasteiger partial charge in [0, 0.05) is 24.6 Å². The number of hydrogen-bond donors (Lipinski definition) is 1. The van der Waals surface area contributed by atoms with E-state index < -0.39 is 17.8 Å². The lowest BCUT2D eigenvalue weighted by molar-refractivity contribution is -0.139. The molecule has 0 aliphatic carbocycles. The largest absolute Gasteiger partial charge is 0.416 e. The molecule has 1 rings (SSSR count). The van der Waals surface area contributed by atoms with Crippen molar-refractivity contribution >= 4 is 0 Å². The molecular formula is C14H21F3N2O. The second-order valence-corrected chi connectivity index (χ2v) is 4.40. The number of hydrogen-bond acceptors (Lipinski definition) is 3. The Morgan fingerprint density at radius 1 is 1.30 bits per heavy atom. The van der Waals surface area contributed by atoms with E-state index in [0.717, 1.165) is 12.3 Å². The summed E-state index contributed by atoms with van der Waals surface area (Å²) in [4.78, 5) is 3.84. The molecule has 0 amide bonds. The number of rotatable bonds is 7. The maximum atomic E-state index is 13.1. The second-order valence-electron chi connectivity index (χ2n) is 4.40. The fourth-order valence-corrected chi connectivity index (χ4v) is 2.24. The van der Waals surface area contributed by atoms with Crippen molar-refractivity contribution in [2.75, 3.05) is 13.2 Å². The van der Waals surface area contributed by atoms with Crippen LogP contribution in [0.4, 0.5) is 13.2 Å². The van der Waals surface area contributed by atoms with Crippen molar-refractivity contribution in [1.82, 2.24) is 10.3 Å². The van der Waals surface area contributed by atoms with Crippen molar-refractivity contribution in [1.29, 1.82) is 0 Å². The van der Waals surface area contributed by atoms with Crippen molar-refractivity contribution < 1.29 is 17.9 Å². The summed E-state index contributed by atoms with van der Waals surface area (Å²) in [5, 5.41) is 3.08. The molecule has 20 heavy (non-hydrogen) atoms. The third-order valence-corrected chi connectivity index (χ3v) is 3.07. The van der Waals surface area contributed by atoms with Gasteiger partial charge >= 0.3 is 6.18 Å². The smallest absolute Gasteiger partial charge is 0.377 e. The maximum absolute atomic E-state index is 13.1. The molecule has 3 nitrogen and oxygen atoms in total. The van der Waals surface area contributed by atoms with Crippen LogP contribution in [-0.2, 0) is 10.9 Å². The van der Waals surface area contributed by atoms with Gasteiger partial charge in [-0.25, -0.2) is 0 Å². The van der Waals surface area contributed by atoms with E-state index in [4.69, 9.17) is 4.74 Å². The Labute approximate surface area is 117 Å². The molecule has 1 heterocycles. The topological polar surface area (TPSA) is 34.2 Å². The molecule has 1 N–H and O–H groups in total. The highest BCUT2D eigenvalue weighted by molar-refractivity contribution is 5.30. The van der Waals surface area contributed by atoms with Gasteiger partial charge in [0.15, 0.2) is 0 Å². The van der Waals surface area contributed by atoms with Crippen LogP contribution < -0.4 is 5.32 Å². The van der Waals surface area contributed by atoms with Crippen LogP contribution in [0.5, 0.6) is 0 Å². The van der Waals surface area contributed by atoms with E-state index in [1.165, 1.54) is 6.20 Å². The molecular weight excluding hydrogens is 269 g/mol. The first-order valence-corrected chi connectivity index (χ1v) is 6.81. The highest BCUT2D eigenvalue weighted by Crippen LogP contribution is 2.35. The number of ether oxygens (including phenoxy) is 1. The third kappa shape index (κ3) is 4.18. The summed E-state index contributed by atoms with van der Waals surface area (Å²) in [5.41, 5.74) is -0.515. The van der Waals surface area contributed by atoms with Gasteiger partial charge in [0.25, 0.3) is 0 Å². The average molecular weight is 290 g/mol. The first-order valence-electron chi connectivity index (χ1n) is 6.81. The molecule has 0 bridgehead atoms. The maximum Gasteiger partial charge on any atom is 0.416 e. The SMILES string of the molecule is CCNC(c1cnccc1C(F)(F)F)C(CC)OCC. The molecule has 6 heteroatoms. The molecule has 114 valence electrons. The minimum Gasteiger partial charge on any atom is -0.377 e. The predicted octanol–water partition coefficient (Wildman–Crippen LogP) is 3.57. The minimum atomic E-state index is -4.39. The molecule has 0 saturated carbocycles. The van der Waals surface area contributed by atoms with Crippen molar-refractivity contribution in [3.8, 4) is 0 Å². The third-order valence-electron chi connectivity index (χ3n) is 3.07. The van der Waals surface area contributed by atoms with Crippen LogP contribution in [0, 0.1) is 0 Å². The zero-order valence-corrected chi connectivity index (χ0v) is 12.0. The number of nitrogens with zero attached hydrogens (tertiary/aromatic N) is 1. The highest BCUT2D eigenvalue weighted by atomic mass is 19.4. The molecule has 0 aromatic carbocycles. The van der Waals surface area contributed by atoms with Gasteiger partial charge in [-0.05, 0) is 26.0 Å². The minimum absolute atomic E-state index is 0.141. The monoisotopic (exact) mass is 290 g/mol.